The van der Waals surface area contributed by atoms with Crippen LogP contribution in [-0.4, -0.2) is 32.2 Å². The van der Waals surface area contributed by atoms with Crippen LogP contribution in [0.5, 0.6) is 0 Å². The Hall–Kier alpha value is -2.01. The summed E-state index contributed by atoms with van der Waals surface area (Å²) in [5.74, 6) is 0.432. The highest BCUT2D eigenvalue weighted by molar-refractivity contribution is 6.05. The Morgan fingerprint density at radius 3 is 2.95 bits per heavy atom. The Kier molecular flexibility index (Phi) is 3.60. The molecule has 3 rings (SSSR count). The first kappa shape index (κ1) is 13.0. The normalized spacial score (nSPS) is 20.8. The topological polar surface area (TPSA) is 64.8 Å². The van der Waals surface area contributed by atoms with Crippen LogP contribution in [0.1, 0.15) is 17.9 Å². The second-order valence-corrected chi connectivity index (χ2v) is 4.95. The van der Waals surface area contributed by atoms with Crippen LogP contribution in [0.2, 0.25) is 0 Å². The molecule has 1 aromatic rings. The molecule has 2 aliphatic rings. The summed E-state index contributed by atoms with van der Waals surface area (Å²) in [5.41, 5.74) is 7.80. The summed E-state index contributed by atoms with van der Waals surface area (Å²) >= 11 is 0. The molecule has 1 atom stereocenters. The van der Waals surface area contributed by atoms with Gasteiger partial charge in [0.25, 0.3) is 5.91 Å². The molecule has 0 saturated carbocycles. The largest absolute Gasteiger partial charge is 0.494 e. The molecule has 2 aliphatic heterocycles. The van der Waals surface area contributed by atoms with Crippen LogP contribution in [-0.2, 0) is 14.3 Å². The van der Waals surface area contributed by atoms with Crippen LogP contribution in [0, 0.1) is 0 Å². The highest BCUT2D eigenvalue weighted by Gasteiger charge is 2.34. The summed E-state index contributed by atoms with van der Waals surface area (Å²) in [6, 6.07) is 7.97. The molecular formula is C15H18N2O3. The first-order valence-electron chi connectivity index (χ1n) is 6.86. The van der Waals surface area contributed by atoms with Crippen molar-refractivity contribution in [1.82, 2.24) is 0 Å². The summed E-state index contributed by atoms with van der Waals surface area (Å²) in [6.45, 7) is 2.17. The molecule has 0 bridgehead atoms. The van der Waals surface area contributed by atoms with Gasteiger partial charge in [-0.15, -0.1) is 0 Å². The molecule has 106 valence electrons. The van der Waals surface area contributed by atoms with Crippen LogP contribution in [0.3, 0.4) is 0 Å². The number of nitrogens with zero attached hydrogens (tertiary/aromatic N) is 1. The fourth-order valence-electron chi connectivity index (χ4n) is 2.75. The van der Waals surface area contributed by atoms with E-state index in [9.17, 15) is 4.79 Å². The van der Waals surface area contributed by atoms with E-state index in [2.05, 4.69) is 6.07 Å². The number of amides is 1. The number of anilines is 1. The Morgan fingerprint density at radius 1 is 1.35 bits per heavy atom. The smallest absolute Gasteiger partial charge is 0.296 e. The summed E-state index contributed by atoms with van der Waals surface area (Å²) in [4.78, 5) is 14.3. The van der Waals surface area contributed by atoms with Gasteiger partial charge in [-0.2, -0.15) is 0 Å². The molecule has 1 unspecified atom stereocenters. The highest BCUT2D eigenvalue weighted by atomic mass is 16.6. The van der Waals surface area contributed by atoms with E-state index in [1.54, 1.807) is 4.90 Å². The molecule has 0 spiro atoms. The lowest BCUT2D eigenvalue weighted by Gasteiger charge is -2.21. The Morgan fingerprint density at radius 2 is 2.20 bits per heavy atom. The van der Waals surface area contributed by atoms with Gasteiger partial charge in [0.05, 0.1) is 0 Å². The van der Waals surface area contributed by atoms with E-state index in [4.69, 9.17) is 15.2 Å². The van der Waals surface area contributed by atoms with Crippen LogP contribution >= 0.6 is 0 Å². The predicted molar refractivity (Wildman–Crippen MR) is 75.2 cm³/mol. The SMILES string of the molecule is NCCC1CN(C(=O)C2=COCCO2)c2ccccc21. The number of rotatable bonds is 3. The highest BCUT2D eigenvalue weighted by Crippen LogP contribution is 2.38. The Balaban J connectivity index is 1.87. The van der Waals surface area contributed by atoms with Crippen molar-refractivity contribution >= 4 is 11.6 Å². The van der Waals surface area contributed by atoms with Crippen molar-refractivity contribution in [2.75, 3.05) is 31.2 Å². The van der Waals surface area contributed by atoms with Crippen LogP contribution in [0.25, 0.3) is 0 Å². The molecule has 1 aromatic carbocycles. The maximum Gasteiger partial charge on any atom is 0.296 e. The maximum absolute atomic E-state index is 12.5. The zero-order valence-corrected chi connectivity index (χ0v) is 11.2. The molecule has 0 radical (unpaired) electrons. The van der Waals surface area contributed by atoms with Gasteiger partial charge in [-0.05, 0) is 24.6 Å². The van der Waals surface area contributed by atoms with Crippen LogP contribution in [0.4, 0.5) is 5.69 Å². The van der Waals surface area contributed by atoms with Gasteiger partial charge in [0, 0.05) is 18.2 Å². The van der Waals surface area contributed by atoms with E-state index in [-0.39, 0.29) is 11.7 Å². The summed E-state index contributed by atoms with van der Waals surface area (Å²) in [6.07, 6.45) is 2.28. The minimum atomic E-state index is -0.142. The van der Waals surface area contributed by atoms with Gasteiger partial charge in [0.2, 0.25) is 5.76 Å². The third-order valence-electron chi connectivity index (χ3n) is 3.69. The standard InChI is InChI=1S/C15H18N2O3/c16-6-5-11-9-17(13-4-2-1-3-12(11)13)15(18)14-10-19-7-8-20-14/h1-4,10-11H,5-9,16H2. The summed E-state index contributed by atoms with van der Waals surface area (Å²) in [7, 11) is 0. The van der Waals surface area contributed by atoms with Gasteiger partial charge in [0.1, 0.15) is 19.5 Å². The zero-order chi connectivity index (χ0) is 13.9. The summed E-state index contributed by atoms with van der Waals surface area (Å²) < 4.78 is 10.6. The van der Waals surface area contributed by atoms with E-state index in [0.717, 1.165) is 12.1 Å². The van der Waals surface area contributed by atoms with Gasteiger partial charge in [-0.1, -0.05) is 18.2 Å². The van der Waals surface area contributed by atoms with Gasteiger partial charge >= 0.3 is 0 Å². The van der Waals surface area contributed by atoms with Gasteiger partial charge < -0.3 is 20.1 Å². The first-order chi connectivity index (χ1) is 9.81. The lowest BCUT2D eigenvalue weighted by atomic mass is 9.98. The van der Waals surface area contributed by atoms with Crippen LogP contribution in [0.15, 0.2) is 36.3 Å². The Bertz CT molecular complexity index is 542. The van der Waals surface area contributed by atoms with E-state index >= 15 is 0 Å². The van der Waals surface area contributed by atoms with Crippen molar-refractivity contribution in [3.05, 3.63) is 41.9 Å². The monoisotopic (exact) mass is 274 g/mol. The van der Waals surface area contributed by atoms with E-state index < -0.39 is 0 Å². The molecule has 5 heteroatoms. The van der Waals surface area contributed by atoms with Crippen molar-refractivity contribution in [2.45, 2.75) is 12.3 Å². The molecular weight excluding hydrogens is 256 g/mol. The lowest BCUT2D eigenvalue weighted by molar-refractivity contribution is -0.119. The molecule has 2 N–H and O–H groups in total. The predicted octanol–water partition coefficient (Wildman–Crippen LogP) is 1.35. The van der Waals surface area contributed by atoms with E-state index in [1.807, 2.05) is 18.2 Å². The molecule has 0 fully saturated rings. The van der Waals surface area contributed by atoms with Crippen molar-refractivity contribution in [1.29, 1.82) is 0 Å². The number of para-hydroxylation sites is 1. The molecule has 5 nitrogen and oxygen atoms in total. The Labute approximate surface area is 118 Å². The average Bonchev–Trinajstić information content (AvgIpc) is 2.87. The molecule has 1 amide bonds. The number of hydrogen-bond donors (Lipinski definition) is 1. The van der Waals surface area contributed by atoms with Crippen molar-refractivity contribution in [3.63, 3.8) is 0 Å². The van der Waals surface area contributed by atoms with Crippen LogP contribution < -0.4 is 10.6 Å². The molecule has 0 saturated heterocycles. The number of hydrogen-bond acceptors (Lipinski definition) is 4. The van der Waals surface area contributed by atoms with Gasteiger partial charge in [0.15, 0.2) is 0 Å². The van der Waals surface area contributed by atoms with E-state index in [1.165, 1.54) is 11.8 Å². The second kappa shape index (κ2) is 5.54. The third kappa shape index (κ3) is 2.25. The van der Waals surface area contributed by atoms with Gasteiger partial charge in [-0.25, -0.2) is 0 Å². The minimum Gasteiger partial charge on any atom is -0.494 e. The fourth-order valence-corrected chi connectivity index (χ4v) is 2.75. The minimum absolute atomic E-state index is 0.142. The first-order valence-corrected chi connectivity index (χ1v) is 6.86. The second-order valence-electron chi connectivity index (χ2n) is 4.95. The van der Waals surface area contributed by atoms with E-state index in [0.29, 0.717) is 32.2 Å². The number of fused-ring (bicyclic) bond motifs is 1. The molecule has 0 aliphatic carbocycles. The molecule has 2 heterocycles. The van der Waals surface area contributed by atoms with Gasteiger partial charge in [-0.3, -0.25) is 4.79 Å². The van der Waals surface area contributed by atoms with Crippen molar-refractivity contribution in [3.8, 4) is 0 Å². The zero-order valence-electron chi connectivity index (χ0n) is 11.2. The average molecular weight is 274 g/mol. The number of carbonyl (C=O) groups is 1. The number of benzene rings is 1. The summed E-state index contributed by atoms with van der Waals surface area (Å²) in [5, 5.41) is 0. The van der Waals surface area contributed by atoms with Crippen molar-refractivity contribution in [2.24, 2.45) is 5.73 Å². The molecule has 20 heavy (non-hydrogen) atoms. The molecule has 0 aromatic heterocycles. The lowest BCUT2D eigenvalue weighted by Crippen LogP contribution is -2.33. The number of nitrogens with two attached hydrogens (primary N) is 1. The maximum atomic E-state index is 12.5. The third-order valence-corrected chi connectivity index (χ3v) is 3.69. The fraction of sp³-hybridized carbons (Fsp3) is 0.400. The number of carbonyl (C=O) groups excluding carboxylic acids is 1. The van der Waals surface area contributed by atoms with Crippen molar-refractivity contribution < 1.29 is 14.3 Å². The quantitative estimate of drug-likeness (QED) is 0.903. The number of ether oxygens (including phenoxy) is 2.